The highest BCUT2D eigenvalue weighted by Gasteiger charge is 2.20. The van der Waals surface area contributed by atoms with Gasteiger partial charge < -0.3 is 5.73 Å². The quantitative estimate of drug-likeness (QED) is 0.797. The summed E-state index contributed by atoms with van der Waals surface area (Å²) in [6.45, 7) is 8.26. The van der Waals surface area contributed by atoms with E-state index in [1.807, 2.05) is 6.92 Å². The standard InChI is InChI=1S/C11H20N4/c1-3-15-11(6-9(2)13-15)8-14-5-4-10(12)7-14/h6,10H,3-5,7-8,12H2,1-2H3/t10-/m1/s1. The molecule has 2 heterocycles. The molecule has 0 radical (unpaired) electrons. The minimum Gasteiger partial charge on any atom is -0.326 e. The van der Waals surface area contributed by atoms with Crippen molar-refractivity contribution in [1.29, 1.82) is 0 Å². The number of hydrogen-bond donors (Lipinski definition) is 1. The van der Waals surface area contributed by atoms with Crippen molar-refractivity contribution >= 4 is 0 Å². The number of likely N-dealkylation sites (tertiary alicyclic amines) is 1. The van der Waals surface area contributed by atoms with Crippen LogP contribution in [0, 0.1) is 6.92 Å². The van der Waals surface area contributed by atoms with Gasteiger partial charge in [0.05, 0.1) is 11.4 Å². The average molecular weight is 208 g/mol. The minimum absolute atomic E-state index is 0.365. The zero-order chi connectivity index (χ0) is 10.8. The first-order chi connectivity index (χ1) is 7.19. The summed E-state index contributed by atoms with van der Waals surface area (Å²) in [7, 11) is 0. The van der Waals surface area contributed by atoms with E-state index in [2.05, 4.69) is 27.7 Å². The Bertz CT molecular complexity index is 331. The van der Waals surface area contributed by atoms with Crippen molar-refractivity contribution in [2.75, 3.05) is 13.1 Å². The molecule has 15 heavy (non-hydrogen) atoms. The lowest BCUT2D eigenvalue weighted by molar-refractivity contribution is 0.315. The smallest absolute Gasteiger partial charge is 0.0597 e. The molecule has 1 aromatic rings. The highest BCUT2D eigenvalue weighted by Crippen LogP contribution is 2.13. The number of nitrogens with zero attached hydrogens (tertiary/aromatic N) is 3. The van der Waals surface area contributed by atoms with Crippen molar-refractivity contribution in [3.8, 4) is 0 Å². The molecule has 0 spiro atoms. The fourth-order valence-electron chi connectivity index (χ4n) is 2.24. The molecule has 0 aromatic carbocycles. The summed E-state index contributed by atoms with van der Waals surface area (Å²) in [6, 6.07) is 2.54. The third-order valence-electron chi connectivity index (χ3n) is 2.98. The zero-order valence-electron chi connectivity index (χ0n) is 9.61. The van der Waals surface area contributed by atoms with E-state index < -0.39 is 0 Å². The highest BCUT2D eigenvalue weighted by atomic mass is 15.3. The third kappa shape index (κ3) is 2.38. The minimum atomic E-state index is 0.365. The molecule has 2 N–H and O–H groups in total. The molecule has 4 heteroatoms. The lowest BCUT2D eigenvalue weighted by atomic mass is 10.3. The summed E-state index contributed by atoms with van der Waals surface area (Å²) in [5, 5.41) is 4.45. The summed E-state index contributed by atoms with van der Waals surface area (Å²) in [6.07, 6.45) is 1.12. The van der Waals surface area contributed by atoms with Crippen LogP contribution in [-0.4, -0.2) is 33.8 Å². The van der Waals surface area contributed by atoms with E-state index in [0.717, 1.165) is 38.3 Å². The molecule has 1 aromatic heterocycles. The van der Waals surface area contributed by atoms with Gasteiger partial charge in [-0.05, 0) is 26.3 Å². The Kier molecular flexibility index (Phi) is 3.07. The van der Waals surface area contributed by atoms with Crippen LogP contribution in [-0.2, 0) is 13.1 Å². The van der Waals surface area contributed by atoms with Gasteiger partial charge in [-0.3, -0.25) is 9.58 Å². The van der Waals surface area contributed by atoms with Gasteiger partial charge in [0.1, 0.15) is 0 Å². The molecule has 0 amide bonds. The highest BCUT2D eigenvalue weighted by molar-refractivity contribution is 5.09. The first-order valence-electron chi connectivity index (χ1n) is 5.70. The number of hydrogen-bond acceptors (Lipinski definition) is 3. The predicted molar refractivity (Wildman–Crippen MR) is 60.5 cm³/mol. The van der Waals surface area contributed by atoms with Gasteiger partial charge in [-0.15, -0.1) is 0 Å². The second-order valence-electron chi connectivity index (χ2n) is 4.38. The predicted octanol–water partition coefficient (Wildman–Crippen LogP) is 0.744. The molecule has 4 nitrogen and oxygen atoms in total. The van der Waals surface area contributed by atoms with E-state index in [0.29, 0.717) is 6.04 Å². The van der Waals surface area contributed by atoms with Crippen molar-refractivity contribution in [2.24, 2.45) is 5.73 Å². The van der Waals surface area contributed by atoms with Crippen LogP contribution in [0.15, 0.2) is 6.07 Å². The summed E-state index contributed by atoms with van der Waals surface area (Å²) >= 11 is 0. The third-order valence-corrected chi connectivity index (χ3v) is 2.98. The Morgan fingerprint density at radius 1 is 1.60 bits per heavy atom. The van der Waals surface area contributed by atoms with Gasteiger partial charge >= 0.3 is 0 Å². The van der Waals surface area contributed by atoms with Gasteiger partial charge in [0.25, 0.3) is 0 Å². The molecule has 0 saturated carbocycles. The lowest BCUT2D eigenvalue weighted by Gasteiger charge is -2.15. The molecule has 1 fully saturated rings. The van der Waals surface area contributed by atoms with Crippen molar-refractivity contribution < 1.29 is 0 Å². The summed E-state index contributed by atoms with van der Waals surface area (Å²) in [5.74, 6) is 0. The van der Waals surface area contributed by atoms with E-state index >= 15 is 0 Å². The molecule has 1 aliphatic rings. The van der Waals surface area contributed by atoms with Crippen LogP contribution < -0.4 is 5.73 Å². The second-order valence-corrected chi connectivity index (χ2v) is 4.38. The maximum absolute atomic E-state index is 5.89. The van der Waals surface area contributed by atoms with E-state index in [9.17, 15) is 0 Å². The zero-order valence-corrected chi connectivity index (χ0v) is 9.61. The Hall–Kier alpha value is -0.870. The largest absolute Gasteiger partial charge is 0.326 e. The van der Waals surface area contributed by atoms with E-state index in [1.165, 1.54) is 5.69 Å². The molecule has 0 bridgehead atoms. The van der Waals surface area contributed by atoms with Crippen LogP contribution in [0.1, 0.15) is 24.7 Å². The Balaban J connectivity index is 2.03. The normalized spacial score (nSPS) is 22.5. The van der Waals surface area contributed by atoms with Crippen LogP contribution in [0.2, 0.25) is 0 Å². The number of rotatable bonds is 3. The van der Waals surface area contributed by atoms with Crippen LogP contribution >= 0.6 is 0 Å². The summed E-state index contributed by atoms with van der Waals surface area (Å²) in [5.41, 5.74) is 8.31. The molecule has 1 aliphatic heterocycles. The topological polar surface area (TPSA) is 47.1 Å². The van der Waals surface area contributed by atoms with Crippen LogP contribution in [0.3, 0.4) is 0 Å². The van der Waals surface area contributed by atoms with Crippen molar-refractivity contribution in [1.82, 2.24) is 14.7 Å². The number of aryl methyl sites for hydroxylation is 2. The van der Waals surface area contributed by atoms with E-state index in [1.54, 1.807) is 0 Å². The molecule has 2 rings (SSSR count). The van der Waals surface area contributed by atoms with Crippen LogP contribution in [0.5, 0.6) is 0 Å². The van der Waals surface area contributed by atoms with E-state index in [-0.39, 0.29) is 0 Å². The molecule has 0 unspecified atom stereocenters. The molecular formula is C11H20N4. The summed E-state index contributed by atoms with van der Waals surface area (Å²) < 4.78 is 2.08. The van der Waals surface area contributed by atoms with Gasteiger partial charge in [-0.1, -0.05) is 0 Å². The first-order valence-corrected chi connectivity index (χ1v) is 5.70. The first kappa shape index (κ1) is 10.6. The maximum Gasteiger partial charge on any atom is 0.0597 e. The Morgan fingerprint density at radius 2 is 2.40 bits per heavy atom. The molecule has 84 valence electrons. The number of aromatic nitrogens is 2. The molecule has 1 saturated heterocycles. The fourth-order valence-corrected chi connectivity index (χ4v) is 2.24. The maximum atomic E-state index is 5.89. The van der Waals surface area contributed by atoms with Gasteiger partial charge in [-0.2, -0.15) is 5.10 Å². The molecular weight excluding hydrogens is 188 g/mol. The Morgan fingerprint density at radius 3 is 3.00 bits per heavy atom. The van der Waals surface area contributed by atoms with Crippen molar-refractivity contribution in [3.63, 3.8) is 0 Å². The fraction of sp³-hybridized carbons (Fsp3) is 0.727. The SMILES string of the molecule is CCn1nc(C)cc1CN1CC[C@@H](N)C1. The average Bonchev–Trinajstić information content (AvgIpc) is 2.73. The summed E-state index contributed by atoms with van der Waals surface area (Å²) in [4.78, 5) is 2.41. The number of nitrogens with two attached hydrogens (primary N) is 1. The lowest BCUT2D eigenvalue weighted by Crippen LogP contribution is -2.27. The molecule has 0 aliphatic carbocycles. The van der Waals surface area contributed by atoms with E-state index in [4.69, 9.17) is 5.73 Å². The van der Waals surface area contributed by atoms with Gasteiger partial charge in [0.15, 0.2) is 0 Å². The molecule has 1 atom stereocenters. The van der Waals surface area contributed by atoms with Crippen molar-refractivity contribution in [3.05, 3.63) is 17.5 Å². The van der Waals surface area contributed by atoms with Crippen molar-refractivity contribution in [2.45, 2.75) is 39.4 Å². The van der Waals surface area contributed by atoms with Gasteiger partial charge in [0.2, 0.25) is 0 Å². The Labute approximate surface area is 91.1 Å². The van der Waals surface area contributed by atoms with Gasteiger partial charge in [-0.25, -0.2) is 0 Å². The van der Waals surface area contributed by atoms with Crippen LogP contribution in [0.25, 0.3) is 0 Å². The van der Waals surface area contributed by atoms with Gasteiger partial charge in [0, 0.05) is 32.2 Å². The second kappa shape index (κ2) is 4.33. The van der Waals surface area contributed by atoms with Crippen LogP contribution in [0.4, 0.5) is 0 Å². The monoisotopic (exact) mass is 208 g/mol.